The minimum Gasteiger partial charge on any atom is -0.325 e. The molecule has 0 amide bonds. The third-order valence-corrected chi connectivity index (χ3v) is 3.49. The zero-order valence-electron chi connectivity index (χ0n) is 9.84. The van der Waals surface area contributed by atoms with E-state index in [4.69, 9.17) is 5.73 Å². The van der Waals surface area contributed by atoms with Crippen molar-refractivity contribution in [3.05, 3.63) is 34.9 Å². The maximum absolute atomic E-state index is 6.19. The van der Waals surface area contributed by atoms with Gasteiger partial charge in [-0.3, -0.25) is 0 Å². The Bertz CT molecular complexity index is 350. The summed E-state index contributed by atoms with van der Waals surface area (Å²) in [6, 6.07) is 6.88. The molecule has 1 aliphatic rings. The maximum atomic E-state index is 6.19. The molecule has 2 N–H and O–H groups in total. The summed E-state index contributed by atoms with van der Waals surface area (Å²) in [6.45, 7) is 4.43. The predicted octanol–water partition coefficient (Wildman–Crippen LogP) is 2.85. The maximum Gasteiger partial charge on any atom is 0.0196 e. The van der Waals surface area contributed by atoms with Crippen LogP contribution in [0.15, 0.2) is 18.2 Å². The van der Waals surface area contributed by atoms with Crippen molar-refractivity contribution in [1.82, 2.24) is 0 Å². The number of aryl methyl sites for hydroxylation is 2. The molecule has 0 aromatic heterocycles. The number of nitrogens with two attached hydrogens (primary N) is 1. The van der Waals surface area contributed by atoms with Crippen molar-refractivity contribution in [1.29, 1.82) is 0 Å². The molecule has 0 heterocycles. The van der Waals surface area contributed by atoms with Gasteiger partial charge < -0.3 is 5.73 Å². The summed E-state index contributed by atoms with van der Waals surface area (Å²) in [4.78, 5) is 0. The molecular formula is C14H21N. The quantitative estimate of drug-likeness (QED) is 0.800. The van der Waals surface area contributed by atoms with E-state index in [1.165, 1.54) is 29.5 Å². The van der Waals surface area contributed by atoms with Crippen LogP contribution in [0.1, 0.15) is 43.4 Å². The van der Waals surface area contributed by atoms with Crippen molar-refractivity contribution in [3.63, 3.8) is 0 Å². The van der Waals surface area contributed by atoms with Gasteiger partial charge in [0.05, 0.1) is 0 Å². The van der Waals surface area contributed by atoms with Gasteiger partial charge in [0.25, 0.3) is 0 Å². The minimum absolute atomic E-state index is 0.135. The van der Waals surface area contributed by atoms with Crippen LogP contribution >= 0.6 is 0 Å². The van der Waals surface area contributed by atoms with Crippen LogP contribution in [0.2, 0.25) is 0 Å². The molecule has 82 valence electrons. The van der Waals surface area contributed by atoms with Crippen molar-refractivity contribution < 1.29 is 0 Å². The van der Waals surface area contributed by atoms with Crippen molar-refractivity contribution >= 4 is 0 Å². The van der Waals surface area contributed by atoms with Crippen LogP contribution in [0, 0.1) is 0 Å². The summed E-state index contributed by atoms with van der Waals surface area (Å²) in [7, 11) is 0. The van der Waals surface area contributed by atoms with E-state index in [2.05, 4.69) is 32.0 Å². The molecule has 1 fully saturated rings. The minimum atomic E-state index is 0.135. The molecule has 0 spiro atoms. The van der Waals surface area contributed by atoms with E-state index in [0.29, 0.717) is 0 Å². The Labute approximate surface area is 92.7 Å². The van der Waals surface area contributed by atoms with Gasteiger partial charge in [0, 0.05) is 5.54 Å². The van der Waals surface area contributed by atoms with Gasteiger partial charge in [-0.2, -0.15) is 0 Å². The van der Waals surface area contributed by atoms with Crippen LogP contribution in [0.25, 0.3) is 0 Å². The summed E-state index contributed by atoms with van der Waals surface area (Å²) in [5, 5.41) is 0. The fourth-order valence-corrected chi connectivity index (χ4v) is 2.13. The Balaban J connectivity index is 2.25. The predicted molar refractivity (Wildman–Crippen MR) is 65.1 cm³/mol. The fourth-order valence-electron chi connectivity index (χ4n) is 2.13. The Morgan fingerprint density at radius 1 is 1.13 bits per heavy atom. The van der Waals surface area contributed by atoms with Crippen LogP contribution in [-0.4, -0.2) is 5.54 Å². The lowest BCUT2D eigenvalue weighted by molar-refractivity contribution is 0.667. The number of hydrogen-bond acceptors (Lipinski definition) is 1. The van der Waals surface area contributed by atoms with Gasteiger partial charge in [0.15, 0.2) is 0 Å². The summed E-state index contributed by atoms with van der Waals surface area (Å²) >= 11 is 0. The first kappa shape index (κ1) is 10.7. The Morgan fingerprint density at radius 3 is 2.40 bits per heavy atom. The van der Waals surface area contributed by atoms with Crippen molar-refractivity contribution in [3.8, 4) is 0 Å². The lowest BCUT2D eigenvalue weighted by Gasteiger charge is -2.14. The second-order valence-electron chi connectivity index (χ2n) is 4.85. The lowest BCUT2D eigenvalue weighted by Crippen LogP contribution is -2.25. The summed E-state index contributed by atoms with van der Waals surface area (Å²) in [6.07, 6.45) is 5.72. The van der Waals surface area contributed by atoms with E-state index in [0.717, 1.165) is 19.3 Å². The molecule has 2 rings (SSSR count). The SMILES string of the molecule is CCc1ccc(CC)c(CC2(N)CC2)c1. The van der Waals surface area contributed by atoms with E-state index in [9.17, 15) is 0 Å². The van der Waals surface area contributed by atoms with Gasteiger partial charge in [-0.25, -0.2) is 0 Å². The Kier molecular flexibility index (Phi) is 2.83. The van der Waals surface area contributed by atoms with E-state index in [1.807, 2.05) is 0 Å². The summed E-state index contributed by atoms with van der Waals surface area (Å²) in [5.41, 5.74) is 10.7. The molecule has 1 nitrogen and oxygen atoms in total. The van der Waals surface area contributed by atoms with Crippen LogP contribution in [0.3, 0.4) is 0 Å². The molecule has 0 radical (unpaired) electrons. The molecule has 1 aliphatic carbocycles. The van der Waals surface area contributed by atoms with Gasteiger partial charge in [0.1, 0.15) is 0 Å². The van der Waals surface area contributed by atoms with Gasteiger partial charge in [-0.1, -0.05) is 32.0 Å². The molecule has 0 saturated heterocycles. The third-order valence-electron chi connectivity index (χ3n) is 3.49. The topological polar surface area (TPSA) is 26.0 Å². The Morgan fingerprint density at radius 2 is 1.87 bits per heavy atom. The lowest BCUT2D eigenvalue weighted by atomic mass is 9.95. The molecule has 0 atom stereocenters. The highest BCUT2D eigenvalue weighted by molar-refractivity contribution is 5.34. The van der Waals surface area contributed by atoms with Gasteiger partial charge in [-0.05, 0) is 48.8 Å². The first-order chi connectivity index (χ1) is 7.17. The van der Waals surface area contributed by atoms with Crippen molar-refractivity contribution in [2.75, 3.05) is 0 Å². The molecule has 0 bridgehead atoms. The monoisotopic (exact) mass is 203 g/mol. The van der Waals surface area contributed by atoms with Crippen LogP contribution in [0.5, 0.6) is 0 Å². The largest absolute Gasteiger partial charge is 0.325 e. The van der Waals surface area contributed by atoms with Crippen molar-refractivity contribution in [2.45, 2.75) is 51.5 Å². The second-order valence-corrected chi connectivity index (χ2v) is 4.85. The number of benzene rings is 1. The first-order valence-electron chi connectivity index (χ1n) is 6.06. The van der Waals surface area contributed by atoms with Crippen molar-refractivity contribution in [2.24, 2.45) is 5.73 Å². The molecule has 1 aromatic rings. The number of rotatable bonds is 4. The van der Waals surface area contributed by atoms with Crippen LogP contribution < -0.4 is 5.73 Å². The molecular weight excluding hydrogens is 182 g/mol. The highest BCUT2D eigenvalue weighted by Gasteiger charge is 2.38. The molecule has 1 aromatic carbocycles. The summed E-state index contributed by atoms with van der Waals surface area (Å²) < 4.78 is 0. The zero-order valence-corrected chi connectivity index (χ0v) is 9.84. The van der Waals surface area contributed by atoms with Crippen LogP contribution in [0.4, 0.5) is 0 Å². The average molecular weight is 203 g/mol. The molecule has 0 unspecified atom stereocenters. The number of hydrogen-bond donors (Lipinski definition) is 1. The Hall–Kier alpha value is -0.820. The van der Waals surface area contributed by atoms with Crippen LogP contribution in [-0.2, 0) is 19.3 Å². The average Bonchev–Trinajstić information content (AvgIpc) is 2.96. The normalized spacial score (nSPS) is 17.8. The molecule has 1 saturated carbocycles. The van der Waals surface area contributed by atoms with E-state index in [1.54, 1.807) is 0 Å². The van der Waals surface area contributed by atoms with E-state index >= 15 is 0 Å². The zero-order chi connectivity index (χ0) is 10.9. The standard InChI is InChI=1S/C14H21N/c1-3-11-5-6-12(4-2)13(9-11)10-14(15)7-8-14/h5-6,9H,3-4,7-8,10,15H2,1-2H3. The molecule has 15 heavy (non-hydrogen) atoms. The van der Waals surface area contributed by atoms with E-state index < -0.39 is 0 Å². The van der Waals surface area contributed by atoms with Gasteiger partial charge in [-0.15, -0.1) is 0 Å². The third kappa shape index (κ3) is 2.40. The van der Waals surface area contributed by atoms with Gasteiger partial charge in [0.2, 0.25) is 0 Å². The van der Waals surface area contributed by atoms with Gasteiger partial charge >= 0.3 is 0 Å². The fraction of sp³-hybridized carbons (Fsp3) is 0.571. The highest BCUT2D eigenvalue weighted by atomic mass is 14.8. The molecule has 0 aliphatic heterocycles. The highest BCUT2D eigenvalue weighted by Crippen LogP contribution is 2.36. The second kappa shape index (κ2) is 3.97. The van der Waals surface area contributed by atoms with E-state index in [-0.39, 0.29) is 5.54 Å². The molecule has 1 heteroatoms. The smallest absolute Gasteiger partial charge is 0.0196 e. The first-order valence-corrected chi connectivity index (χ1v) is 6.06. The summed E-state index contributed by atoms with van der Waals surface area (Å²) in [5.74, 6) is 0.